The van der Waals surface area contributed by atoms with Gasteiger partial charge in [-0.1, -0.05) is 58.2 Å². The minimum atomic E-state index is -0.634. The fourth-order valence-electron chi connectivity index (χ4n) is 2.65. The molecule has 0 spiro atoms. The van der Waals surface area contributed by atoms with E-state index in [1.54, 1.807) is 0 Å². The van der Waals surface area contributed by atoms with Crippen molar-refractivity contribution in [3.63, 3.8) is 0 Å². The summed E-state index contributed by atoms with van der Waals surface area (Å²) in [5.74, 6) is 0.674. The molecule has 1 atom stereocenters. The lowest BCUT2D eigenvalue weighted by molar-refractivity contribution is 0.220. The Labute approximate surface area is 132 Å². The third-order valence-corrected chi connectivity index (χ3v) is 4.68. The van der Waals surface area contributed by atoms with Gasteiger partial charge in [-0.15, -0.1) is 0 Å². The van der Waals surface area contributed by atoms with Gasteiger partial charge < -0.3 is 5.11 Å². The summed E-state index contributed by atoms with van der Waals surface area (Å²) in [6.07, 6.45) is 3.22. The van der Waals surface area contributed by atoms with Gasteiger partial charge in [0.15, 0.2) is 0 Å². The molecular formula is C17H16BrClO. The van der Waals surface area contributed by atoms with Crippen molar-refractivity contribution in [3.8, 4) is 0 Å². The summed E-state index contributed by atoms with van der Waals surface area (Å²) in [5.41, 5.74) is 3.09. The van der Waals surface area contributed by atoms with Crippen molar-refractivity contribution in [1.29, 1.82) is 0 Å². The van der Waals surface area contributed by atoms with Crippen molar-refractivity contribution in [2.24, 2.45) is 0 Å². The largest absolute Gasteiger partial charge is 0.384 e. The fourth-order valence-corrected chi connectivity index (χ4v) is 3.54. The molecule has 104 valence electrons. The zero-order valence-electron chi connectivity index (χ0n) is 11.0. The van der Waals surface area contributed by atoms with Crippen molar-refractivity contribution < 1.29 is 5.11 Å². The second-order valence-corrected chi connectivity index (χ2v) is 6.76. The molecule has 1 unspecified atom stereocenters. The predicted molar refractivity (Wildman–Crippen MR) is 86.2 cm³/mol. The first-order chi connectivity index (χ1) is 9.63. The molecule has 1 saturated carbocycles. The Bertz CT molecular complexity index is 602. The zero-order valence-corrected chi connectivity index (χ0v) is 13.4. The van der Waals surface area contributed by atoms with Crippen LogP contribution in [0.5, 0.6) is 0 Å². The van der Waals surface area contributed by atoms with Crippen molar-refractivity contribution in [3.05, 3.63) is 68.7 Å². The summed E-state index contributed by atoms with van der Waals surface area (Å²) in [5, 5.41) is 11.2. The molecule has 0 bridgehead atoms. The molecule has 20 heavy (non-hydrogen) atoms. The zero-order chi connectivity index (χ0) is 14.1. The van der Waals surface area contributed by atoms with Crippen LogP contribution in [0.3, 0.4) is 0 Å². The lowest BCUT2D eigenvalue weighted by Crippen LogP contribution is -2.09. The van der Waals surface area contributed by atoms with Crippen LogP contribution in [0, 0.1) is 0 Å². The van der Waals surface area contributed by atoms with Gasteiger partial charge in [-0.05, 0) is 53.6 Å². The van der Waals surface area contributed by atoms with E-state index in [1.807, 2.05) is 30.3 Å². The topological polar surface area (TPSA) is 20.2 Å². The lowest BCUT2D eigenvalue weighted by Gasteiger charge is -2.26. The fraction of sp³-hybridized carbons (Fsp3) is 0.294. The summed E-state index contributed by atoms with van der Waals surface area (Å²) in [4.78, 5) is 0. The van der Waals surface area contributed by atoms with Crippen LogP contribution < -0.4 is 0 Å². The van der Waals surface area contributed by atoms with E-state index in [1.165, 1.54) is 24.8 Å². The van der Waals surface area contributed by atoms with E-state index in [2.05, 4.69) is 28.1 Å². The van der Waals surface area contributed by atoms with Gasteiger partial charge in [0.1, 0.15) is 6.10 Å². The van der Waals surface area contributed by atoms with E-state index in [-0.39, 0.29) is 0 Å². The molecular weight excluding hydrogens is 336 g/mol. The number of hydrogen-bond acceptors (Lipinski definition) is 1. The molecule has 2 aromatic carbocycles. The summed E-state index contributed by atoms with van der Waals surface area (Å²) in [7, 11) is 0. The summed E-state index contributed by atoms with van der Waals surface area (Å²) in [6, 6.07) is 13.8. The summed E-state index contributed by atoms with van der Waals surface area (Å²) in [6.45, 7) is 0. The molecule has 0 aliphatic heterocycles. The van der Waals surface area contributed by atoms with Crippen LogP contribution in [0.1, 0.15) is 48.0 Å². The number of hydrogen-bond donors (Lipinski definition) is 1. The number of halogens is 2. The maximum Gasteiger partial charge on any atom is 0.104 e. The normalized spacial score (nSPS) is 16.8. The molecule has 2 aromatic rings. The molecule has 1 aliphatic carbocycles. The lowest BCUT2D eigenvalue weighted by atomic mass is 9.79. The second kappa shape index (κ2) is 5.88. The predicted octanol–water partition coefficient (Wildman–Crippen LogP) is 5.45. The maximum absolute atomic E-state index is 10.6. The molecule has 0 amide bonds. The third kappa shape index (κ3) is 2.93. The average Bonchev–Trinajstić information content (AvgIpc) is 2.35. The van der Waals surface area contributed by atoms with Crippen LogP contribution in [0.2, 0.25) is 5.02 Å². The van der Waals surface area contributed by atoms with E-state index < -0.39 is 6.10 Å². The quantitative estimate of drug-likeness (QED) is 0.779. The van der Waals surface area contributed by atoms with Gasteiger partial charge in [0.25, 0.3) is 0 Å². The monoisotopic (exact) mass is 350 g/mol. The molecule has 0 radical (unpaired) electrons. The maximum atomic E-state index is 10.6. The van der Waals surface area contributed by atoms with Gasteiger partial charge in [-0.3, -0.25) is 0 Å². The highest BCUT2D eigenvalue weighted by Gasteiger charge is 2.20. The highest BCUT2D eigenvalue weighted by atomic mass is 79.9. The molecule has 1 N–H and O–H groups in total. The Morgan fingerprint density at radius 3 is 2.55 bits per heavy atom. The van der Waals surface area contributed by atoms with E-state index in [0.717, 1.165) is 15.6 Å². The number of aliphatic hydroxyl groups is 1. The summed E-state index contributed by atoms with van der Waals surface area (Å²) < 4.78 is 0.884. The van der Waals surface area contributed by atoms with Gasteiger partial charge in [0.05, 0.1) is 0 Å². The Balaban J connectivity index is 1.91. The third-order valence-electron chi connectivity index (χ3n) is 4.00. The average molecular weight is 352 g/mol. The van der Waals surface area contributed by atoms with Crippen LogP contribution in [0.4, 0.5) is 0 Å². The molecule has 0 aromatic heterocycles. The molecule has 0 saturated heterocycles. The van der Waals surface area contributed by atoms with Crippen LogP contribution in [-0.4, -0.2) is 5.11 Å². The first kappa shape index (κ1) is 14.1. The van der Waals surface area contributed by atoms with Gasteiger partial charge >= 0.3 is 0 Å². The van der Waals surface area contributed by atoms with Crippen LogP contribution >= 0.6 is 27.5 Å². The van der Waals surface area contributed by atoms with Crippen LogP contribution in [-0.2, 0) is 0 Å². The van der Waals surface area contributed by atoms with Crippen LogP contribution in [0.25, 0.3) is 0 Å². The Morgan fingerprint density at radius 2 is 1.90 bits per heavy atom. The van der Waals surface area contributed by atoms with Crippen molar-refractivity contribution in [2.75, 3.05) is 0 Å². The van der Waals surface area contributed by atoms with Crippen molar-refractivity contribution >= 4 is 27.5 Å². The van der Waals surface area contributed by atoms with E-state index in [0.29, 0.717) is 10.9 Å². The SMILES string of the molecule is OC(c1cc(Cl)cc(Br)c1)c1cccc(C2CCC2)c1. The summed E-state index contributed by atoms with van der Waals surface area (Å²) >= 11 is 9.47. The smallest absolute Gasteiger partial charge is 0.104 e. The highest BCUT2D eigenvalue weighted by Crippen LogP contribution is 2.37. The molecule has 1 fully saturated rings. The van der Waals surface area contributed by atoms with Crippen molar-refractivity contribution in [1.82, 2.24) is 0 Å². The minimum Gasteiger partial charge on any atom is -0.384 e. The van der Waals surface area contributed by atoms with Gasteiger partial charge in [0, 0.05) is 9.50 Å². The molecule has 1 aliphatic rings. The number of rotatable bonds is 3. The molecule has 0 heterocycles. The van der Waals surface area contributed by atoms with Gasteiger partial charge in [-0.25, -0.2) is 0 Å². The van der Waals surface area contributed by atoms with Gasteiger partial charge in [0.2, 0.25) is 0 Å². The van der Waals surface area contributed by atoms with E-state index in [9.17, 15) is 5.11 Å². The number of aliphatic hydroxyl groups excluding tert-OH is 1. The molecule has 3 rings (SSSR count). The standard InChI is InChI=1S/C17H16BrClO/c18-15-8-14(9-16(19)10-15)17(20)13-6-2-5-12(7-13)11-3-1-4-11/h2,5-11,17,20H,1,3-4H2. The Morgan fingerprint density at radius 1 is 1.10 bits per heavy atom. The van der Waals surface area contributed by atoms with Crippen molar-refractivity contribution in [2.45, 2.75) is 31.3 Å². The minimum absolute atomic E-state index is 0.628. The van der Waals surface area contributed by atoms with E-state index >= 15 is 0 Å². The first-order valence-electron chi connectivity index (χ1n) is 6.87. The molecule has 3 heteroatoms. The Kier molecular flexibility index (Phi) is 4.16. The highest BCUT2D eigenvalue weighted by molar-refractivity contribution is 9.10. The number of benzene rings is 2. The molecule has 1 nitrogen and oxygen atoms in total. The van der Waals surface area contributed by atoms with Gasteiger partial charge in [-0.2, -0.15) is 0 Å². The Hall–Kier alpha value is -0.830. The van der Waals surface area contributed by atoms with E-state index in [4.69, 9.17) is 11.6 Å². The second-order valence-electron chi connectivity index (χ2n) is 5.40. The first-order valence-corrected chi connectivity index (χ1v) is 8.04. The van der Waals surface area contributed by atoms with Crippen LogP contribution in [0.15, 0.2) is 46.9 Å².